The van der Waals surface area contributed by atoms with Crippen molar-refractivity contribution in [2.45, 2.75) is 247 Å². The van der Waals surface area contributed by atoms with Gasteiger partial charge in [-0.3, -0.25) is 62.5 Å². The zero-order valence-corrected chi connectivity index (χ0v) is 61.5. The first-order valence-electron chi connectivity index (χ1n) is 34.7. The molecular weight excluding hydrogens is 1220 g/mol. The van der Waals surface area contributed by atoms with Gasteiger partial charge in [-0.2, -0.15) is 0 Å². The summed E-state index contributed by atoms with van der Waals surface area (Å²) in [6.45, 7) is 31.6. The van der Waals surface area contributed by atoms with Gasteiger partial charge in [-0.05, 0) is 121 Å². The molecule has 95 heavy (non-hydrogen) atoms. The first kappa shape index (κ1) is 83.2. The lowest BCUT2D eigenvalue weighted by Gasteiger charge is -2.50. The molecule has 0 bridgehead atoms. The second kappa shape index (κ2) is 38.8. The number of aliphatic hydroxyl groups excluding tert-OH is 1. The fourth-order valence-electron chi connectivity index (χ4n) is 12.7. The number of nitrogens with zero attached hydrogens (tertiary/aromatic N) is 8. The number of nitrogens with one attached hydrogen (secondary N) is 4. The van der Waals surface area contributed by atoms with Crippen molar-refractivity contribution in [3.8, 4) is 0 Å². The van der Waals surface area contributed by atoms with Gasteiger partial charge < -0.3 is 65.2 Å². The number of likely N-dealkylation sites (N-methyl/N-ethyl adjacent to an activating group) is 6. The number of hydrogen-bond donors (Lipinski definition) is 5. The van der Waals surface area contributed by atoms with Gasteiger partial charge in [0.05, 0.1) is 19.3 Å². The summed E-state index contributed by atoms with van der Waals surface area (Å²) in [6.07, 6.45) is 1.55. The molecule has 0 spiro atoms. The molecule has 0 aromatic heterocycles. The molecule has 544 valence electrons. The number of unbranched alkanes of at least 4 members (excludes halogenated alkanes) is 2. The molecular formula is C68H122N12O15. The molecule has 27 nitrogen and oxygen atoms in total. The van der Waals surface area contributed by atoms with E-state index in [9.17, 15) is 38.7 Å². The second-order valence-electron chi connectivity index (χ2n) is 28.7. The van der Waals surface area contributed by atoms with Crippen LogP contribution in [0.5, 0.6) is 0 Å². The molecule has 3 heterocycles. The third-order valence-corrected chi connectivity index (χ3v) is 18.8. The summed E-state index contributed by atoms with van der Waals surface area (Å²) in [4.78, 5) is 179. The molecule has 0 unspecified atom stereocenters. The maximum atomic E-state index is 15.2. The molecule has 3 saturated heterocycles. The van der Waals surface area contributed by atoms with E-state index in [0.717, 1.165) is 31.1 Å². The van der Waals surface area contributed by atoms with Crippen molar-refractivity contribution in [2.75, 3.05) is 88.3 Å². The Morgan fingerprint density at radius 2 is 1.02 bits per heavy atom. The van der Waals surface area contributed by atoms with Crippen molar-refractivity contribution in [1.82, 2.24) is 60.6 Å². The summed E-state index contributed by atoms with van der Waals surface area (Å²) in [7, 11) is 8.61. The van der Waals surface area contributed by atoms with Crippen molar-refractivity contribution in [2.24, 2.45) is 35.5 Å². The van der Waals surface area contributed by atoms with E-state index in [1.54, 1.807) is 41.5 Å². The van der Waals surface area contributed by atoms with Crippen molar-refractivity contribution in [3.05, 3.63) is 0 Å². The molecule has 0 aromatic rings. The summed E-state index contributed by atoms with van der Waals surface area (Å²) >= 11 is 0. The van der Waals surface area contributed by atoms with Gasteiger partial charge in [0.25, 0.3) is 5.91 Å². The van der Waals surface area contributed by atoms with Crippen LogP contribution in [-0.2, 0) is 67.1 Å². The molecule has 0 radical (unpaired) electrons. The average Bonchev–Trinajstić information content (AvgIpc) is 0.756. The van der Waals surface area contributed by atoms with Gasteiger partial charge in [0.15, 0.2) is 6.04 Å². The first-order chi connectivity index (χ1) is 44.4. The third-order valence-electron chi connectivity index (χ3n) is 18.8. The number of rotatable bonds is 21. The molecule has 0 aliphatic carbocycles. The Morgan fingerprint density at radius 1 is 0.505 bits per heavy atom. The van der Waals surface area contributed by atoms with Gasteiger partial charge in [0.2, 0.25) is 59.1 Å². The fourth-order valence-corrected chi connectivity index (χ4v) is 12.7. The number of hydroxylamine groups is 2. The van der Waals surface area contributed by atoms with Crippen LogP contribution in [0.4, 0.5) is 0 Å². The Kier molecular flexibility index (Phi) is 34.0. The summed E-state index contributed by atoms with van der Waals surface area (Å²) < 4.78 is 11.9. The van der Waals surface area contributed by atoms with Crippen LogP contribution >= 0.6 is 0 Å². The molecule has 3 fully saturated rings. The van der Waals surface area contributed by atoms with Crippen LogP contribution < -0.4 is 21.3 Å². The van der Waals surface area contributed by atoms with Crippen molar-refractivity contribution in [1.29, 1.82) is 0 Å². The minimum absolute atomic E-state index is 0.0362. The lowest BCUT2D eigenvalue weighted by Crippen LogP contribution is -2.72. The Bertz CT molecular complexity index is 2570. The topological polar surface area (TPSA) is 310 Å². The molecule has 3 rings (SSSR count). The zero-order valence-electron chi connectivity index (χ0n) is 61.5. The first-order valence-corrected chi connectivity index (χ1v) is 34.7. The highest BCUT2D eigenvalue weighted by atomic mass is 16.7. The van der Waals surface area contributed by atoms with Crippen LogP contribution in [0.25, 0.3) is 0 Å². The van der Waals surface area contributed by atoms with Crippen LogP contribution in [0, 0.1) is 35.5 Å². The SMILES string of the molecule is CC[C@@H]1NC(=O)[C@@H]2[C@@H]([C@H](C)CCCCO)ON2C(=O)[C@H](C(C)C)N(C)C(=O)[C@H](CC(C)C)N(C)C(=O)[C@H](CC(C)C)N(C)C(=O)[C@@H](C)NC(=O)[C@H](C)NC(=O)[C@H](CC(C)C)N(C)C(=O)[C@H](C(C)C)NC(=O)[C@H]([C@@H](C)OCCCCN2CCOCC2)N(C)C(=O)[C@@H](C)N(C)C1=O. The molecule has 11 amide bonds. The Balaban J connectivity index is 2.28. The second-order valence-corrected chi connectivity index (χ2v) is 28.7. The van der Waals surface area contributed by atoms with Crippen LogP contribution in [0.3, 0.4) is 0 Å². The standard InChI is InChI=1S/C68H122N12O15/c1-23-49-64(88)73(17)47(15)63(87)78(22)55(48(16)94-33-27-25-29-79-30-34-93-35-31-79)60(84)72-53(42(8)9)67(91)74(18)50(36-39(2)3)59(83)69-45(13)58(82)70-46(14)62(86)75(19)51(37-40(4)5)65(89)76(20)52(38-41(6)7)66(90)77(21)54(43(10)11)68(92)80-56(61(85)71-49)57(95-80)44(12)28-24-26-32-81/h39-57,81H,23-38H2,1-22H3,(H,69,83)(H,70,82)(H,71,85)(H,72,84)/t44-,45+,46-,47-,48-,49+,50+,51+,52+,53+,54+,55+,56+,57-/m1/s1. The van der Waals surface area contributed by atoms with Crippen molar-refractivity contribution in [3.63, 3.8) is 0 Å². The summed E-state index contributed by atoms with van der Waals surface area (Å²) in [5, 5.41) is 21.8. The average molecular weight is 1350 g/mol. The van der Waals surface area contributed by atoms with E-state index in [4.69, 9.17) is 14.3 Å². The maximum absolute atomic E-state index is 15.2. The van der Waals surface area contributed by atoms with E-state index in [-0.39, 0.29) is 62.6 Å². The van der Waals surface area contributed by atoms with E-state index < -0.39 is 155 Å². The maximum Gasteiger partial charge on any atom is 0.270 e. The van der Waals surface area contributed by atoms with Crippen LogP contribution in [0.2, 0.25) is 0 Å². The van der Waals surface area contributed by atoms with Gasteiger partial charge in [0.1, 0.15) is 66.5 Å². The number of carbonyl (C=O) groups excluding carboxylic acids is 11. The highest BCUT2D eigenvalue weighted by Crippen LogP contribution is 2.34. The molecule has 14 atom stereocenters. The molecule has 3 aliphatic heterocycles. The number of morpholine rings is 1. The van der Waals surface area contributed by atoms with Gasteiger partial charge in [-0.25, -0.2) is 5.06 Å². The smallest absolute Gasteiger partial charge is 0.270 e. The van der Waals surface area contributed by atoms with Crippen LogP contribution in [0.1, 0.15) is 169 Å². The van der Waals surface area contributed by atoms with Crippen LogP contribution in [0.15, 0.2) is 0 Å². The lowest BCUT2D eigenvalue weighted by atomic mass is 9.88. The Labute approximate surface area is 566 Å². The van der Waals surface area contributed by atoms with Gasteiger partial charge in [-0.15, -0.1) is 0 Å². The van der Waals surface area contributed by atoms with Gasteiger partial charge in [0, 0.05) is 68.6 Å². The Hall–Kier alpha value is -6.03. The largest absolute Gasteiger partial charge is 0.396 e. The third kappa shape index (κ3) is 22.8. The lowest BCUT2D eigenvalue weighted by molar-refractivity contribution is -0.322. The summed E-state index contributed by atoms with van der Waals surface area (Å²) in [5.74, 6) is -9.47. The van der Waals surface area contributed by atoms with Crippen molar-refractivity contribution < 1.29 is 72.2 Å². The minimum Gasteiger partial charge on any atom is -0.396 e. The van der Waals surface area contributed by atoms with E-state index in [2.05, 4.69) is 26.2 Å². The number of amides is 11. The van der Waals surface area contributed by atoms with Gasteiger partial charge >= 0.3 is 0 Å². The number of ether oxygens (including phenoxy) is 2. The fraction of sp³-hybridized carbons (Fsp3) is 0.838. The predicted molar refractivity (Wildman–Crippen MR) is 360 cm³/mol. The molecule has 5 N–H and O–H groups in total. The predicted octanol–water partition coefficient (Wildman–Crippen LogP) is 2.65. The Morgan fingerprint density at radius 3 is 1.55 bits per heavy atom. The minimum atomic E-state index is -1.39. The van der Waals surface area contributed by atoms with E-state index in [0.29, 0.717) is 38.9 Å². The molecule has 0 aromatic carbocycles. The normalized spacial score (nSPS) is 28.4. The van der Waals surface area contributed by atoms with Crippen molar-refractivity contribution >= 4 is 65.0 Å². The summed E-state index contributed by atoms with van der Waals surface area (Å²) in [6, 6.07) is -13.7. The summed E-state index contributed by atoms with van der Waals surface area (Å²) in [5.41, 5.74) is 0. The molecule has 0 saturated carbocycles. The van der Waals surface area contributed by atoms with E-state index in [1.807, 2.05) is 48.5 Å². The van der Waals surface area contributed by atoms with Crippen LogP contribution in [-0.4, -0.2) is 276 Å². The zero-order chi connectivity index (χ0) is 72.2. The van der Waals surface area contributed by atoms with E-state index in [1.165, 1.54) is 92.5 Å². The molecule has 27 heteroatoms. The number of aliphatic hydroxyl groups is 1. The number of carbonyl (C=O) groups is 11. The number of hydrogen-bond acceptors (Lipinski definition) is 16. The quantitative estimate of drug-likeness (QED) is 0.103. The highest BCUT2D eigenvalue weighted by molar-refractivity contribution is 6.00. The highest BCUT2D eigenvalue weighted by Gasteiger charge is 2.55. The van der Waals surface area contributed by atoms with Gasteiger partial charge in [-0.1, -0.05) is 89.5 Å². The molecule has 3 aliphatic rings. The van der Waals surface area contributed by atoms with E-state index >= 15 is 19.2 Å². The number of fused-ring (bicyclic) bond motifs is 1. The monoisotopic (exact) mass is 1350 g/mol.